The van der Waals surface area contributed by atoms with Gasteiger partial charge in [0.05, 0.1) is 18.0 Å². The molecule has 0 saturated heterocycles. The molecule has 1 aromatic carbocycles. The Morgan fingerprint density at radius 3 is 2.94 bits per heavy atom. The van der Waals surface area contributed by atoms with Crippen LogP contribution >= 0.6 is 0 Å². The molecule has 16 heavy (non-hydrogen) atoms. The summed E-state index contributed by atoms with van der Waals surface area (Å²) in [5.74, 6) is 0. The Morgan fingerprint density at radius 1 is 1.44 bits per heavy atom. The van der Waals surface area contributed by atoms with Gasteiger partial charge < -0.3 is 5.11 Å². The molecule has 0 radical (unpaired) electrons. The van der Waals surface area contributed by atoms with Gasteiger partial charge in [-0.1, -0.05) is 24.3 Å². The smallest absolute Gasteiger partial charge is 0.277 e. The maximum atomic E-state index is 11.9. The first kappa shape index (κ1) is 10.8. The van der Waals surface area contributed by atoms with Crippen molar-refractivity contribution >= 4 is 10.9 Å². The number of aliphatic hydroxyl groups is 1. The predicted octanol–water partition coefficient (Wildman–Crippen LogP) is 0.562. The normalized spacial score (nSPS) is 12.9. The van der Waals surface area contributed by atoms with E-state index in [2.05, 4.69) is 10.3 Å². The van der Waals surface area contributed by atoms with Crippen molar-refractivity contribution in [3.63, 3.8) is 0 Å². The number of benzene rings is 1. The van der Waals surface area contributed by atoms with Crippen LogP contribution in [-0.4, -0.2) is 26.2 Å². The molecule has 0 spiro atoms. The molecule has 0 aliphatic carbocycles. The Bertz CT molecular complexity index is 550. The van der Waals surface area contributed by atoms with E-state index in [-0.39, 0.29) is 12.1 Å². The molecule has 1 atom stereocenters. The van der Waals surface area contributed by atoms with Crippen LogP contribution in [0.4, 0.5) is 0 Å². The lowest BCUT2D eigenvalue weighted by Crippen LogP contribution is -2.29. The fourth-order valence-corrected chi connectivity index (χ4v) is 1.47. The van der Waals surface area contributed by atoms with E-state index >= 15 is 0 Å². The monoisotopic (exact) mass is 219 g/mol. The molecule has 1 N–H and O–H groups in total. The van der Waals surface area contributed by atoms with Crippen LogP contribution in [0.25, 0.3) is 10.9 Å². The lowest BCUT2D eigenvalue weighted by Gasteiger charge is -2.08. The second-order valence-corrected chi connectivity index (χ2v) is 3.66. The zero-order valence-electron chi connectivity index (χ0n) is 9.00. The largest absolute Gasteiger partial charge is 0.391 e. The van der Waals surface area contributed by atoms with Crippen LogP contribution in [0.5, 0.6) is 0 Å². The Morgan fingerprint density at radius 2 is 2.19 bits per heavy atom. The first-order valence-corrected chi connectivity index (χ1v) is 5.23. The minimum atomic E-state index is -0.562. The van der Waals surface area contributed by atoms with Gasteiger partial charge in [-0.15, -0.1) is 5.10 Å². The van der Waals surface area contributed by atoms with Crippen LogP contribution in [0.1, 0.15) is 13.3 Å². The molecule has 0 aliphatic heterocycles. The minimum Gasteiger partial charge on any atom is -0.391 e. The molecule has 0 saturated carbocycles. The Labute approximate surface area is 92.3 Å². The quantitative estimate of drug-likeness (QED) is 0.819. The number of hydrogen-bond acceptors (Lipinski definition) is 4. The predicted molar refractivity (Wildman–Crippen MR) is 60.1 cm³/mol. The van der Waals surface area contributed by atoms with Crippen LogP contribution < -0.4 is 5.56 Å². The third-order valence-corrected chi connectivity index (χ3v) is 2.48. The van der Waals surface area contributed by atoms with Gasteiger partial charge in [0.1, 0.15) is 5.52 Å². The maximum absolute atomic E-state index is 11.9. The molecule has 1 heterocycles. The van der Waals surface area contributed by atoms with Crippen molar-refractivity contribution in [1.29, 1.82) is 0 Å². The van der Waals surface area contributed by atoms with E-state index in [0.717, 1.165) is 0 Å². The van der Waals surface area contributed by atoms with Gasteiger partial charge in [-0.05, 0) is 18.6 Å². The molecule has 5 nitrogen and oxygen atoms in total. The first-order chi connectivity index (χ1) is 7.72. The number of rotatable bonds is 3. The van der Waals surface area contributed by atoms with Crippen molar-refractivity contribution in [1.82, 2.24) is 15.0 Å². The molecule has 0 aliphatic rings. The second-order valence-electron chi connectivity index (χ2n) is 3.66. The number of nitrogens with zero attached hydrogens (tertiary/aromatic N) is 3. The summed E-state index contributed by atoms with van der Waals surface area (Å²) in [6, 6.07) is 7.04. The molecule has 84 valence electrons. The standard InChI is InChI=1S/C11H13N3O2/c1-2-8(15)7-14-11(16)9-5-3-4-6-10(9)12-13-14/h3-6,8,15H,2,7H2,1H3. The fraction of sp³-hybridized carbons (Fsp3) is 0.364. The van der Waals surface area contributed by atoms with E-state index < -0.39 is 6.10 Å². The van der Waals surface area contributed by atoms with Crippen molar-refractivity contribution in [2.75, 3.05) is 0 Å². The summed E-state index contributed by atoms with van der Waals surface area (Å²) in [5.41, 5.74) is 0.368. The number of aromatic nitrogens is 3. The van der Waals surface area contributed by atoms with E-state index in [1.165, 1.54) is 4.68 Å². The highest BCUT2D eigenvalue weighted by Gasteiger charge is 2.08. The summed E-state index contributed by atoms with van der Waals surface area (Å²) in [6.07, 6.45) is 0.0224. The van der Waals surface area contributed by atoms with Gasteiger partial charge >= 0.3 is 0 Å². The zero-order chi connectivity index (χ0) is 11.5. The maximum Gasteiger partial charge on any atom is 0.277 e. The molecular formula is C11H13N3O2. The molecule has 2 aromatic rings. The summed E-state index contributed by atoms with van der Waals surface area (Å²) in [7, 11) is 0. The Kier molecular flexibility index (Phi) is 2.96. The summed E-state index contributed by atoms with van der Waals surface area (Å²) >= 11 is 0. The average molecular weight is 219 g/mol. The van der Waals surface area contributed by atoms with Gasteiger partial charge in [0.25, 0.3) is 5.56 Å². The SMILES string of the molecule is CCC(O)Cn1nnc2ccccc2c1=O. The van der Waals surface area contributed by atoms with Gasteiger partial charge in [-0.2, -0.15) is 0 Å². The summed E-state index contributed by atoms with van der Waals surface area (Å²) < 4.78 is 1.20. The third kappa shape index (κ3) is 1.94. The van der Waals surface area contributed by atoms with E-state index in [1.54, 1.807) is 18.2 Å². The minimum absolute atomic E-state index is 0.188. The summed E-state index contributed by atoms with van der Waals surface area (Å²) in [5, 5.41) is 17.7. The lowest BCUT2D eigenvalue weighted by molar-refractivity contribution is 0.142. The van der Waals surface area contributed by atoms with Crippen molar-refractivity contribution in [3.8, 4) is 0 Å². The molecule has 0 bridgehead atoms. The van der Waals surface area contributed by atoms with Crippen molar-refractivity contribution in [2.45, 2.75) is 26.0 Å². The first-order valence-electron chi connectivity index (χ1n) is 5.23. The van der Waals surface area contributed by atoms with E-state index in [4.69, 9.17) is 0 Å². The van der Waals surface area contributed by atoms with Crippen LogP contribution in [0.3, 0.4) is 0 Å². The zero-order valence-corrected chi connectivity index (χ0v) is 9.00. The highest BCUT2D eigenvalue weighted by Crippen LogP contribution is 2.03. The molecule has 5 heteroatoms. The van der Waals surface area contributed by atoms with E-state index in [1.807, 2.05) is 13.0 Å². The van der Waals surface area contributed by atoms with Gasteiger partial charge in [0.15, 0.2) is 0 Å². The van der Waals surface area contributed by atoms with E-state index in [9.17, 15) is 9.90 Å². The molecule has 0 fully saturated rings. The van der Waals surface area contributed by atoms with Gasteiger partial charge in [0.2, 0.25) is 0 Å². The summed E-state index contributed by atoms with van der Waals surface area (Å²) in [4.78, 5) is 11.9. The Hall–Kier alpha value is -1.75. The fourth-order valence-electron chi connectivity index (χ4n) is 1.47. The summed E-state index contributed by atoms with van der Waals surface area (Å²) in [6.45, 7) is 2.04. The van der Waals surface area contributed by atoms with Gasteiger partial charge in [0, 0.05) is 0 Å². The third-order valence-electron chi connectivity index (χ3n) is 2.48. The average Bonchev–Trinajstić information content (AvgIpc) is 2.33. The highest BCUT2D eigenvalue weighted by molar-refractivity contribution is 5.76. The van der Waals surface area contributed by atoms with Crippen LogP contribution in [0.2, 0.25) is 0 Å². The van der Waals surface area contributed by atoms with Crippen molar-refractivity contribution in [2.24, 2.45) is 0 Å². The number of hydrogen-bond donors (Lipinski definition) is 1. The molecule has 1 unspecified atom stereocenters. The lowest BCUT2D eigenvalue weighted by atomic mass is 10.2. The molecular weight excluding hydrogens is 206 g/mol. The molecule has 2 rings (SSSR count). The van der Waals surface area contributed by atoms with E-state index in [0.29, 0.717) is 17.3 Å². The van der Waals surface area contributed by atoms with Crippen LogP contribution in [0, 0.1) is 0 Å². The molecule has 0 amide bonds. The van der Waals surface area contributed by atoms with Crippen molar-refractivity contribution in [3.05, 3.63) is 34.6 Å². The second kappa shape index (κ2) is 4.40. The van der Waals surface area contributed by atoms with Crippen molar-refractivity contribution < 1.29 is 5.11 Å². The molecule has 1 aromatic heterocycles. The highest BCUT2D eigenvalue weighted by atomic mass is 16.3. The van der Waals surface area contributed by atoms with Gasteiger partial charge in [-0.25, -0.2) is 4.68 Å². The Balaban J connectivity index is 2.49. The van der Waals surface area contributed by atoms with Crippen LogP contribution in [0.15, 0.2) is 29.1 Å². The van der Waals surface area contributed by atoms with Gasteiger partial charge in [-0.3, -0.25) is 4.79 Å². The number of aliphatic hydroxyl groups excluding tert-OH is 1. The van der Waals surface area contributed by atoms with Crippen LogP contribution in [-0.2, 0) is 6.54 Å². The topological polar surface area (TPSA) is 68.0 Å². The number of fused-ring (bicyclic) bond motifs is 1.